The molecule has 0 aromatic heterocycles. The molecule has 0 saturated carbocycles. The average Bonchev–Trinajstić information content (AvgIpc) is 3.21. The standard InChI is InChI=1S/C27H36O2/c1-25(2,3)17-13-21-19(23(15-17)28-7)9-11-27(21)12-10-20-22(27)14-18(26(4,5)6)16-24(20)29-8/h13-16H,9-12H2,1-8H3. The van der Waals surface area contributed by atoms with Gasteiger partial charge in [-0.2, -0.15) is 0 Å². The summed E-state index contributed by atoms with van der Waals surface area (Å²) in [6, 6.07) is 9.49. The number of hydrogen-bond acceptors (Lipinski definition) is 2. The molecule has 29 heavy (non-hydrogen) atoms. The van der Waals surface area contributed by atoms with Gasteiger partial charge in [0, 0.05) is 5.41 Å². The largest absolute Gasteiger partial charge is 0.496 e. The molecule has 2 aromatic rings. The fraction of sp³-hybridized carbons (Fsp3) is 0.556. The summed E-state index contributed by atoms with van der Waals surface area (Å²) in [6.07, 6.45) is 4.50. The Balaban J connectivity index is 1.98. The number of benzene rings is 2. The zero-order valence-corrected chi connectivity index (χ0v) is 19.5. The molecule has 0 amide bonds. The molecule has 0 radical (unpaired) electrons. The molecule has 2 heteroatoms. The van der Waals surface area contributed by atoms with Crippen molar-refractivity contribution >= 4 is 0 Å². The van der Waals surface area contributed by atoms with E-state index in [1.807, 2.05) is 14.2 Å². The summed E-state index contributed by atoms with van der Waals surface area (Å²) < 4.78 is 11.8. The molecule has 156 valence electrons. The molecule has 2 aromatic carbocycles. The van der Waals surface area contributed by atoms with E-state index in [2.05, 4.69) is 65.8 Å². The predicted molar refractivity (Wildman–Crippen MR) is 121 cm³/mol. The van der Waals surface area contributed by atoms with E-state index in [9.17, 15) is 0 Å². The minimum Gasteiger partial charge on any atom is -0.496 e. The SMILES string of the molecule is COc1cc(C(C)(C)C)cc2c1CCC21CCc2c(OC)cc(C(C)(C)C)cc21. The molecule has 2 aliphatic carbocycles. The van der Waals surface area contributed by atoms with Crippen LogP contribution in [-0.4, -0.2) is 14.2 Å². The fourth-order valence-electron chi connectivity index (χ4n) is 5.38. The van der Waals surface area contributed by atoms with Gasteiger partial charge in [-0.1, -0.05) is 53.7 Å². The van der Waals surface area contributed by atoms with Gasteiger partial charge in [-0.15, -0.1) is 0 Å². The van der Waals surface area contributed by atoms with Crippen molar-refractivity contribution in [3.05, 3.63) is 57.6 Å². The first-order valence-corrected chi connectivity index (χ1v) is 10.9. The van der Waals surface area contributed by atoms with Gasteiger partial charge in [0.25, 0.3) is 0 Å². The summed E-state index contributed by atoms with van der Waals surface area (Å²) in [5.41, 5.74) is 8.82. The van der Waals surface area contributed by atoms with E-state index >= 15 is 0 Å². The van der Waals surface area contributed by atoms with Crippen molar-refractivity contribution in [1.29, 1.82) is 0 Å². The van der Waals surface area contributed by atoms with Crippen LogP contribution in [0.3, 0.4) is 0 Å². The van der Waals surface area contributed by atoms with E-state index in [0.717, 1.165) is 37.2 Å². The Labute approximate surface area is 176 Å². The molecule has 0 unspecified atom stereocenters. The summed E-state index contributed by atoms with van der Waals surface area (Å²) in [4.78, 5) is 0. The topological polar surface area (TPSA) is 18.5 Å². The highest BCUT2D eigenvalue weighted by Gasteiger charge is 2.47. The number of rotatable bonds is 2. The van der Waals surface area contributed by atoms with E-state index in [1.54, 1.807) is 0 Å². The third kappa shape index (κ3) is 3.07. The Morgan fingerprint density at radius 3 is 1.34 bits per heavy atom. The number of hydrogen-bond donors (Lipinski definition) is 0. The molecule has 0 aliphatic heterocycles. The Morgan fingerprint density at radius 2 is 1.03 bits per heavy atom. The van der Waals surface area contributed by atoms with Crippen LogP contribution in [0, 0.1) is 0 Å². The Bertz CT molecular complexity index is 874. The maximum Gasteiger partial charge on any atom is 0.122 e. The van der Waals surface area contributed by atoms with Crippen LogP contribution in [0.2, 0.25) is 0 Å². The predicted octanol–water partition coefficient (Wildman–Crippen LogP) is 6.48. The highest BCUT2D eigenvalue weighted by molar-refractivity contribution is 5.62. The van der Waals surface area contributed by atoms with Crippen LogP contribution >= 0.6 is 0 Å². The van der Waals surface area contributed by atoms with Gasteiger partial charge in [-0.3, -0.25) is 0 Å². The summed E-state index contributed by atoms with van der Waals surface area (Å²) in [5.74, 6) is 2.13. The molecule has 1 spiro atoms. The first kappa shape index (κ1) is 20.3. The fourth-order valence-corrected chi connectivity index (χ4v) is 5.38. The van der Waals surface area contributed by atoms with Gasteiger partial charge in [0.2, 0.25) is 0 Å². The highest BCUT2D eigenvalue weighted by Crippen LogP contribution is 2.56. The molecule has 2 nitrogen and oxygen atoms in total. The molecule has 0 saturated heterocycles. The second kappa shape index (κ2) is 6.52. The van der Waals surface area contributed by atoms with Crippen molar-refractivity contribution in [3.8, 4) is 11.5 Å². The van der Waals surface area contributed by atoms with Crippen LogP contribution in [0.25, 0.3) is 0 Å². The lowest BCUT2D eigenvalue weighted by molar-refractivity contribution is 0.408. The summed E-state index contributed by atoms with van der Waals surface area (Å²) >= 11 is 0. The monoisotopic (exact) mass is 392 g/mol. The zero-order chi connectivity index (χ0) is 21.2. The van der Waals surface area contributed by atoms with Crippen LogP contribution in [0.5, 0.6) is 11.5 Å². The van der Waals surface area contributed by atoms with Crippen molar-refractivity contribution in [3.63, 3.8) is 0 Å². The van der Waals surface area contributed by atoms with Gasteiger partial charge in [0.15, 0.2) is 0 Å². The van der Waals surface area contributed by atoms with E-state index in [1.165, 1.54) is 33.4 Å². The molecular weight excluding hydrogens is 356 g/mol. The van der Waals surface area contributed by atoms with Gasteiger partial charge >= 0.3 is 0 Å². The molecule has 0 fully saturated rings. The van der Waals surface area contributed by atoms with Gasteiger partial charge < -0.3 is 9.47 Å². The van der Waals surface area contributed by atoms with E-state index in [-0.39, 0.29) is 16.2 Å². The molecule has 0 heterocycles. The third-order valence-electron chi connectivity index (χ3n) is 7.22. The number of methoxy groups -OCH3 is 2. The van der Waals surface area contributed by atoms with Crippen LogP contribution in [0.4, 0.5) is 0 Å². The minimum atomic E-state index is 0.0910. The minimum absolute atomic E-state index is 0.0910. The van der Waals surface area contributed by atoms with Crippen molar-refractivity contribution < 1.29 is 9.47 Å². The molecule has 2 aliphatic rings. The first-order valence-electron chi connectivity index (χ1n) is 10.9. The summed E-state index contributed by atoms with van der Waals surface area (Å²) in [7, 11) is 3.63. The molecule has 0 atom stereocenters. The van der Waals surface area contributed by atoms with E-state index < -0.39 is 0 Å². The Morgan fingerprint density at radius 1 is 0.655 bits per heavy atom. The molecular formula is C27H36O2. The van der Waals surface area contributed by atoms with Crippen molar-refractivity contribution in [2.75, 3.05) is 14.2 Å². The summed E-state index contributed by atoms with van der Waals surface area (Å²) in [6.45, 7) is 13.7. The molecule has 0 N–H and O–H groups in total. The number of fused-ring (bicyclic) bond motifs is 4. The maximum absolute atomic E-state index is 5.88. The second-order valence-electron chi connectivity index (χ2n) is 11.0. The smallest absolute Gasteiger partial charge is 0.122 e. The Kier molecular flexibility index (Phi) is 4.57. The quantitative estimate of drug-likeness (QED) is 0.582. The third-order valence-corrected chi connectivity index (χ3v) is 7.22. The van der Waals surface area contributed by atoms with Gasteiger partial charge in [0.05, 0.1) is 14.2 Å². The van der Waals surface area contributed by atoms with Crippen LogP contribution < -0.4 is 9.47 Å². The molecule has 0 bridgehead atoms. The van der Waals surface area contributed by atoms with Gasteiger partial charge in [-0.05, 0) is 82.0 Å². The zero-order valence-electron chi connectivity index (χ0n) is 19.5. The average molecular weight is 393 g/mol. The van der Waals surface area contributed by atoms with E-state index in [4.69, 9.17) is 9.47 Å². The van der Waals surface area contributed by atoms with Crippen LogP contribution in [0.15, 0.2) is 24.3 Å². The van der Waals surface area contributed by atoms with Gasteiger partial charge in [0.1, 0.15) is 11.5 Å². The normalized spacial score (nSPS) is 17.4. The van der Waals surface area contributed by atoms with Crippen molar-refractivity contribution in [2.45, 2.75) is 83.5 Å². The lowest BCUT2D eigenvalue weighted by Crippen LogP contribution is -2.23. The van der Waals surface area contributed by atoms with Crippen LogP contribution in [0.1, 0.15) is 87.8 Å². The lowest BCUT2D eigenvalue weighted by atomic mass is 9.73. The second-order valence-corrected chi connectivity index (χ2v) is 11.0. The molecule has 4 rings (SSSR count). The van der Waals surface area contributed by atoms with Crippen molar-refractivity contribution in [2.24, 2.45) is 0 Å². The number of ether oxygens (including phenoxy) is 2. The first-order chi connectivity index (χ1) is 13.5. The van der Waals surface area contributed by atoms with Crippen LogP contribution in [-0.2, 0) is 29.1 Å². The summed E-state index contributed by atoms with van der Waals surface area (Å²) in [5, 5.41) is 0. The highest BCUT2D eigenvalue weighted by atomic mass is 16.5. The van der Waals surface area contributed by atoms with Crippen molar-refractivity contribution in [1.82, 2.24) is 0 Å². The van der Waals surface area contributed by atoms with Gasteiger partial charge in [-0.25, -0.2) is 0 Å². The van der Waals surface area contributed by atoms with E-state index in [0.29, 0.717) is 0 Å². The lowest BCUT2D eigenvalue weighted by Gasteiger charge is -2.31. The Hall–Kier alpha value is -1.96. The maximum atomic E-state index is 5.88.